The minimum absolute atomic E-state index is 0.252. The van der Waals surface area contributed by atoms with Gasteiger partial charge in [0.1, 0.15) is 11.9 Å². The zero-order valence-corrected chi connectivity index (χ0v) is 13.2. The molecule has 1 aliphatic carbocycles. The topological polar surface area (TPSA) is 23.5 Å². The van der Waals surface area contributed by atoms with Crippen LogP contribution in [0.4, 0.5) is 4.39 Å². The summed E-state index contributed by atoms with van der Waals surface area (Å²) < 4.78 is 15.0. The van der Waals surface area contributed by atoms with E-state index in [4.69, 9.17) is 0 Å². The van der Waals surface area contributed by atoms with Crippen LogP contribution in [0.25, 0.3) is 0 Å². The number of hydrogen-bond acceptors (Lipinski definition) is 2. The van der Waals surface area contributed by atoms with Crippen LogP contribution in [0.1, 0.15) is 50.2 Å². The Kier molecular flexibility index (Phi) is 4.16. The summed E-state index contributed by atoms with van der Waals surface area (Å²) in [6.45, 7) is 2.07. The average Bonchev–Trinajstić information content (AvgIpc) is 3.11. The van der Waals surface area contributed by atoms with E-state index in [1.807, 2.05) is 0 Å². The molecule has 110 valence electrons. The van der Waals surface area contributed by atoms with Crippen molar-refractivity contribution in [2.45, 2.75) is 50.2 Å². The van der Waals surface area contributed by atoms with Gasteiger partial charge in [0, 0.05) is 10.0 Å². The molecule has 0 bridgehead atoms. The highest BCUT2D eigenvalue weighted by atomic mass is 79.9. The van der Waals surface area contributed by atoms with Gasteiger partial charge in [0.15, 0.2) is 0 Å². The molecular weight excluding hydrogens is 321 g/mol. The fraction of sp³-hybridized carbons (Fsp3) is 0.625. The van der Waals surface area contributed by atoms with Gasteiger partial charge in [0.2, 0.25) is 0 Å². The molecule has 0 spiro atoms. The SMILES string of the molecule is OC(c1cc(Br)ccc1F)C1(N2CCCC2)CCCC1. The van der Waals surface area contributed by atoms with Crippen molar-refractivity contribution in [2.24, 2.45) is 0 Å². The Balaban J connectivity index is 1.96. The molecule has 1 saturated carbocycles. The maximum absolute atomic E-state index is 14.1. The number of hydrogen-bond donors (Lipinski definition) is 1. The molecule has 2 aliphatic rings. The number of rotatable bonds is 3. The van der Waals surface area contributed by atoms with E-state index in [1.165, 1.54) is 18.9 Å². The number of aliphatic hydroxyl groups is 1. The van der Waals surface area contributed by atoms with Crippen LogP contribution >= 0.6 is 15.9 Å². The standard InChI is InChI=1S/C16H21BrFNO/c17-12-5-6-14(18)13(11-12)15(20)16(7-1-2-8-16)19-9-3-4-10-19/h5-6,11,15,20H,1-4,7-10H2. The molecule has 2 nitrogen and oxygen atoms in total. The Bertz CT molecular complexity index is 481. The highest BCUT2D eigenvalue weighted by molar-refractivity contribution is 9.10. The molecule has 4 heteroatoms. The van der Waals surface area contributed by atoms with Gasteiger partial charge in [0.25, 0.3) is 0 Å². The first-order chi connectivity index (χ1) is 9.63. The summed E-state index contributed by atoms with van der Waals surface area (Å²) in [5.74, 6) is -0.300. The van der Waals surface area contributed by atoms with Gasteiger partial charge in [-0.1, -0.05) is 28.8 Å². The third-order valence-corrected chi connectivity index (χ3v) is 5.46. The van der Waals surface area contributed by atoms with Crippen LogP contribution in [0, 0.1) is 5.82 Å². The maximum atomic E-state index is 14.1. The summed E-state index contributed by atoms with van der Waals surface area (Å²) >= 11 is 3.38. The molecule has 0 amide bonds. The van der Waals surface area contributed by atoms with Gasteiger partial charge in [0.05, 0.1) is 5.54 Å². The van der Waals surface area contributed by atoms with Crippen molar-refractivity contribution >= 4 is 15.9 Å². The molecule has 1 aromatic carbocycles. The van der Waals surface area contributed by atoms with E-state index in [0.29, 0.717) is 5.56 Å². The lowest BCUT2D eigenvalue weighted by Crippen LogP contribution is -2.49. The Morgan fingerprint density at radius 1 is 1.15 bits per heavy atom. The third-order valence-electron chi connectivity index (χ3n) is 4.97. The van der Waals surface area contributed by atoms with Crippen LogP contribution in [0.15, 0.2) is 22.7 Å². The van der Waals surface area contributed by atoms with Crippen molar-refractivity contribution < 1.29 is 9.50 Å². The lowest BCUT2D eigenvalue weighted by Gasteiger charge is -2.43. The molecule has 1 N–H and O–H groups in total. The molecule has 1 aliphatic heterocycles. The van der Waals surface area contributed by atoms with E-state index in [0.717, 1.165) is 43.2 Å². The van der Waals surface area contributed by atoms with Crippen LogP contribution < -0.4 is 0 Å². The van der Waals surface area contributed by atoms with E-state index in [1.54, 1.807) is 12.1 Å². The molecule has 20 heavy (non-hydrogen) atoms. The molecule has 1 unspecified atom stereocenters. The summed E-state index contributed by atoms with van der Waals surface area (Å²) in [4.78, 5) is 2.41. The fourth-order valence-electron chi connectivity index (χ4n) is 3.93. The van der Waals surface area contributed by atoms with Gasteiger partial charge >= 0.3 is 0 Å². The Morgan fingerprint density at radius 2 is 1.80 bits per heavy atom. The van der Waals surface area contributed by atoms with Gasteiger partial charge in [-0.15, -0.1) is 0 Å². The number of halogens is 2. The fourth-order valence-corrected chi connectivity index (χ4v) is 4.30. The minimum atomic E-state index is -0.736. The number of nitrogens with zero attached hydrogens (tertiary/aromatic N) is 1. The monoisotopic (exact) mass is 341 g/mol. The van der Waals surface area contributed by atoms with Crippen LogP contribution in [-0.2, 0) is 0 Å². The second-order valence-electron chi connectivity index (χ2n) is 6.07. The Morgan fingerprint density at radius 3 is 2.45 bits per heavy atom. The van der Waals surface area contributed by atoms with Crippen molar-refractivity contribution in [3.63, 3.8) is 0 Å². The highest BCUT2D eigenvalue weighted by Crippen LogP contribution is 2.46. The highest BCUT2D eigenvalue weighted by Gasteiger charge is 2.47. The average molecular weight is 342 g/mol. The molecule has 0 aromatic heterocycles. The van der Waals surface area contributed by atoms with E-state index < -0.39 is 6.10 Å². The predicted octanol–water partition coefficient (Wildman–Crippen LogP) is 4.03. The molecular formula is C16H21BrFNO. The minimum Gasteiger partial charge on any atom is -0.386 e. The lowest BCUT2D eigenvalue weighted by molar-refractivity contribution is -0.0213. The second-order valence-corrected chi connectivity index (χ2v) is 6.99. The summed E-state index contributed by atoms with van der Waals surface area (Å²) in [6, 6.07) is 4.86. The van der Waals surface area contributed by atoms with Crippen molar-refractivity contribution in [2.75, 3.05) is 13.1 Å². The quantitative estimate of drug-likeness (QED) is 0.897. The second kappa shape index (κ2) is 5.74. The summed E-state index contributed by atoms with van der Waals surface area (Å²) in [6.07, 6.45) is 5.85. The van der Waals surface area contributed by atoms with Crippen molar-refractivity contribution in [1.82, 2.24) is 4.90 Å². The van der Waals surface area contributed by atoms with Crippen molar-refractivity contribution in [3.05, 3.63) is 34.1 Å². The lowest BCUT2D eigenvalue weighted by atomic mass is 9.84. The number of likely N-dealkylation sites (tertiary alicyclic amines) is 1. The first kappa shape index (κ1) is 14.5. The zero-order chi connectivity index (χ0) is 14.2. The third kappa shape index (κ3) is 2.42. The van der Waals surface area contributed by atoms with Crippen molar-refractivity contribution in [3.8, 4) is 0 Å². The Labute approximate surface area is 128 Å². The van der Waals surface area contributed by atoms with Crippen LogP contribution in [0.3, 0.4) is 0 Å². The van der Waals surface area contributed by atoms with E-state index in [2.05, 4.69) is 20.8 Å². The predicted molar refractivity (Wildman–Crippen MR) is 81.1 cm³/mol. The molecule has 1 heterocycles. The molecule has 1 saturated heterocycles. The van der Waals surface area contributed by atoms with Gasteiger partial charge in [-0.2, -0.15) is 0 Å². The number of aliphatic hydroxyl groups excluding tert-OH is 1. The summed E-state index contributed by atoms with van der Waals surface area (Å²) in [7, 11) is 0. The normalized spacial score (nSPS) is 24.1. The van der Waals surface area contributed by atoms with Crippen molar-refractivity contribution in [1.29, 1.82) is 0 Å². The number of benzene rings is 1. The molecule has 0 radical (unpaired) electrons. The first-order valence-corrected chi connectivity index (χ1v) is 8.31. The van der Waals surface area contributed by atoms with E-state index >= 15 is 0 Å². The molecule has 1 atom stereocenters. The molecule has 3 rings (SSSR count). The van der Waals surface area contributed by atoms with E-state index in [9.17, 15) is 9.50 Å². The zero-order valence-electron chi connectivity index (χ0n) is 11.6. The van der Waals surface area contributed by atoms with E-state index in [-0.39, 0.29) is 11.4 Å². The first-order valence-electron chi connectivity index (χ1n) is 7.51. The van der Waals surface area contributed by atoms with Crippen LogP contribution in [-0.4, -0.2) is 28.6 Å². The molecule has 2 fully saturated rings. The van der Waals surface area contributed by atoms with Gasteiger partial charge < -0.3 is 5.11 Å². The van der Waals surface area contributed by atoms with Gasteiger partial charge in [-0.3, -0.25) is 4.90 Å². The van der Waals surface area contributed by atoms with Gasteiger partial charge in [-0.05, 0) is 57.0 Å². The van der Waals surface area contributed by atoms with Crippen LogP contribution in [0.5, 0.6) is 0 Å². The smallest absolute Gasteiger partial charge is 0.129 e. The maximum Gasteiger partial charge on any atom is 0.129 e. The summed E-state index contributed by atoms with van der Waals surface area (Å²) in [5.41, 5.74) is 0.186. The van der Waals surface area contributed by atoms with Crippen LogP contribution in [0.2, 0.25) is 0 Å². The van der Waals surface area contributed by atoms with Gasteiger partial charge in [-0.25, -0.2) is 4.39 Å². The Hall–Kier alpha value is -0.450. The largest absolute Gasteiger partial charge is 0.386 e. The molecule has 1 aromatic rings. The summed E-state index contributed by atoms with van der Waals surface area (Å²) in [5, 5.41) is 10.9.